The quantitative estimate of drug-likeness (QED) is 0.495. The molecule has 20 heavy (non-hydrogen) atoms. The normalized spacial score (nSPS) is 11.4. The van der Waals surface area contributed by atoms with E-state index in [0.29, 0.717) is 0 Å². The second-order valence-corrected chi connectivity index (χ2v) is 6.81. The summed E-state index contributed by atoms with van der Waals surface area (Å²) in [6, 6.07) is 0.734. The van der Waals surface area contributed by atoms with Crippen LogP contribution >= 0.6 is 33.9 Å². The molecule has 0 fully saturated rings. The zero-order chi connectivity index (χ0) is 15.5. The highest BCUT2D eigenvalue weighted by Gasteiger charge is 2.27. The second kappa shape index (κ2) is 6.91. The monoisotopic (exact) mass is 363 g/mol. The molecule has 0 saturated heterocycles. The van der Waals surface area contributed by atoms with Gasteiger partial charge in [0.1, 0.15) is 10.7 Å². The van der Waals surface area contributed by atoms with Crippen LogP contribution < -0.4 is 5.32 Å². The molecule has 0 aliphatic heterocycles. The molecule has 1 aromatic rings. The van der Waals surface area contributed by atoms with Crippen molar-refractivity contribution in [3.05, 3.63) is 27.5 Å². The van der Waals surface area contributed by atoms with E-state index in [-0.39, 0.29) is 18.7 Å². The van der Waals surface area contributed by atoms with Crippen molar-refractivity contribution in [2.24, 2.45) is 0 Å². The van der Waals surface area contributed by atoms with Gasteiger partial charge < -0.3 is 10.1 Å². The van der Waals surface area contributed by atoms with Crippen molar-refractivity contribution in [3.8, 4) is 0 Å². The first-order valence-electron chi connectivity index (χ1n) is 5.09. The minimum absolute atomic E-state index is 0.138. The maximum absolute atomic E-state index is 13.6. The lowest BCUT2D eigenvalue weighted by atomic mass is 10.2. The Morgan fingerprint density at radius 1 is 1.40 bits per heavy atom. The third-order valence-electron chi connectivity index (χ3n) is 2.20. The first kappa shape index (κ1) is 17.5. The third-order valence-corrected chi connectivity index (χ3v) is 4.54. The molecule has 1 rings (SSSR count). The molecule has 0 radical (unpaired) electrons. The van der Waals surface area contributed by atoms with Gasteiger partial charge in [0, 0.05) is 24.3 Å². The molecular weight excluding hydrogens is 356 g/mol. The minimum atomic E-state index is -4.40. The van der Waals surface area contributed by atoms with Crippen molar-refractivity contribution in [2.75, 3.05) is 20.3 Å². The van der Waals surface area contributed by atoms with Crippen molar-refractivity contribution in [2.45, 2.75) is 4.90 Å². The summed E-state index contributed by atoms with van der Waals surface area (Å²) in [5, 5.41) is 1.06. The van der Waals surface area contributed by atoms with E-state index >= 15 is 0 Å². The number of rotatable bonds is 5. The Hall–Kier alpha value is -0.600. The van der Waals surface area contributed by atoms with E-state index in [9.17, 15) is 17.6 Å². The standard InChI is InChI=1S/C10H9Cl3FNO4S/c1-19-3-2-15-10(16)5-4-6(14)8(12)9(7(5)11)20(13,17)18/h4H,2-3H2,1H3,(H,15,16). The molecule has 0 aliphatic carbocycles. The van der Waals surface area contributed by atoms with Gasteiger partial charge in [-0.15, -0.1) is 0 Å². The molecule has 1 amide bonds. The SMILES string of the molecule is COCCNC(=O)c1cc(F)c(Cl)c(S(=O)(=O)Cl)c1Cl. The average Bonchev–Trinajstić information content (AvgIpc) is 2.32. The maximum Gasteiger partial charge on any atom is 0.264 e. The minimum Gasteiger partial charge on any atom is -0.383 e. The summed E-state index contributed by atoms with van der Waals surface area (Å²) < 4.78 is 41.0. The first-order chi connectivity index (χ1) is 9.20. The van der Waals surface area contributed by atoms with Crippen molar-refractivity contribution in [1.82, 2.24) is 5.32 Å². The fourth-order valence-corrected chi connectivity index (χ4v) is 3.70. The van der Waals surface area contributed by atoms with Gasteiger partial charge in [-0.2, -0.15) is 0 Å². The highest BCUT2D eigenvalue weighted by atomic mass is 35.7. The van der Waals surface area contributed by atoms with Gasteiger partial charge in [0.25, 0.3) is 15.0 Å². The van der Waals surface area contributed by atoms with Crippen LogP contribution in [0.1, 0.15) is 10.4 Å². The molecule has 0 aromatic heterocycles. The first-order valence-corrected chi connectivity index (χ1v) is 8.16. The molecule has 0 atom stereocenters. The lowest BCUT2D eigenvalue weighted by molar-refractivity contribution is 0.0936. The van der Waals surface area contributed by atoms with Gasteiger partial charge in [0.2, 0.25) is 0 Å². The molecule has 0 unspecified atom stereocenters. The second-order valence-electron chi connectivity index (χ2n) is 3.55. The van der Waals surface area contributed by atoms with Gasteiger partial charge in [-0.1, -0.05) is 23.2 Å². The van der Waals surface area contributed by atoms with Gasteiger partial charge in [-0.3, -0.25) is 4.79 Å². The van der Waals surface area contributed by atoms with Crippen LogP contribution in [-0.4, -0.2) is 34.6 Å². The molecule has 0 heterocycles. The van der Waals surface area contributed by atoms with E-state index in [1.807, 2.05) is 0 Å². The summed E-state index contributed by atoms with van der Waals surface area (Å²) in [4.78, 5) is 11.0. The molecule has 112 valence electrons. The van der Waals surface area contributed by atoms with Crippen LogP contribution in [0.25, 0.3) is 0 Å². The topological polar surface area (TPSA) is 72.5 Å². The Labute approximate surface area is 129 Å². The molecule has 10 heteroatoms. The summed E-state index contributed by atoms with van der Waals surface area (Å²) in [6.07, 6.45) is 0. The summed E-state index contributed by atoms with van der Waals surface area (Å²) in [6.45, 7) is 0.360. The smallest absolute Gasteiger partial charge is 0.264 e. The van der Waals surface area contributed by atoms with Crippen molar-refractivity contribution in [3.63, 3.8) is 0 Å². The Kier molecular flexibility index (Phi) is 6.03. The molecule has 1 N–H and O–H groups in total. The molecule has 0 spiro atoms. The third kappa shape index (κ3) is 3.95. The summed E-state index contributed by atoms with van der Waals surface area (Å²) in [5.41, 5.74) is -0.385. The van der Waals surface area contributed by atoms with Crippen LogP contribution in [-0.2, 0) is 13.8 Å². The number of halogens is 4. The van der Waals surface area contributed by atoms with Crippen LogP contribution in [0.15, 0.2) is 11.0 Å². The van der Waals surface area contributed by atoms with Gasteiger partial charge in [0.05, 0.1) is 22.2 Å². The van der Waals surface area contributed by atoms with Crippen molar-refractivity contribution < 1.29 is 22.3 Å². The van der Waals surface area contributed by atoms with Crippen molar-refractivity contribution in [1.29, 1.82) is 0 Å². The Balaban J connectivity index is 3.30. The lowest BCUT2D eigenvalue weighted by Crippen LogP contribution is -2.27. The Bertz CT molecular complexity index is 636. The highest BCUT2D eigenvalue weighted by Crippen LogP contribution is 2.36. The number of amides is 1. The molecule has 5 nitrogen and oxygen atoms in total. The van der Waals surface area contributed by atoms with E-state index in [2.05, 4.69) is 5.32 Å². The molecule has 0 aliphatic rings. The van der Waals surface area contributed by atoms with Gasteiger partial charge in [0.15, 0.2) is 0 Å². The van der Waals surface area contributed by atoms with Gasteiger partial charge in [-0.05, 0) is 6.07 Å². The van der Waals surface area contributed by atoms with E-state index in [4.69, 9.17) is 38.6 Å². The van der Waals surface area contributed by atoms with Crippen molar-refractivity contribution >= 4 is 48.8 Å². The molecule has 1 aromatic carbocycles. The van der Waals surface area contributed by atoms with Crippen LogP contribution in [0.4, 0.5) is 4.39 Å². The number of carbonyl (C=O) groups is 1. The van der Waals surface area contributed by atoms with E-state index < -0.39 is 35.7 Å². The molecular formula is C10H9Cl3FNO4S. The number of benzene rings is 1. The number of ether oxygens (including phenoxy) is 1. The Morgan fingerprint density at radius 2 is 2.00 bits per heavy atom. The number of hydrogen-bond acceptors (Lipinski definition) is 4. The lowest BCUT2D eigenvalue weighted by Gasteiger charge is -2.10. The molecule has 0 saturated carbocycles. The number of nitrogens with one attached hydrogen (secondary N) is 1. The fraction of sp³-hybridized carbons (Fsp3) is 0.300. The van der Waals surface area contributed by atoms with Gasteiger partial charge >= 0.3 is 0 Å². The summed E-state index contributed by atoms with van der Waals surface area (Å²) in [5.74, 6) is -1.89. The largest absolute Gasteiger partial charge is 0.383 e. The zero-order valence-corrected chi connectivity index (χ0v) is 13.1. The summed E-state index contributed by atoms with van der Waals surface area (Å²) >= 11 is 11.3. The van der Waals surface area contributed by atoms with Crippen LogP contribution in [0, 0.1) is 5.82 Å². The van der Waals surface area contributed by atoms with Crippen LogP contribution in [0.5, 0.6) is 0 Å². The van der Waals surface area contributed by atoms with Gasteiger partial charge in [-0.25, -0.2) is 12.8 Å². The van der Waals surface area contributed by atoms with E-state index in [0.717, 1.165) is 6.07 Å². The zero-order valence-electron chi connectivity index (χ0n) is 10.0. The molecule has 0 bridgehead atoms. The average molecular weight is 365 g/mol. The number of hydrogen-bond donors (Lipinski definition) is 1. The predicted octanol–water partition coefficient (Wildman–Crippen LogP) is 2.44. The van der Waals surface area contributed by atoms with Crippen LogP contribution in [0.3, 0.4) is 0 Å². The fourth-order valence-electron chi connectivity index (χ4n) is 1.32. The highest BCUT2D eigenvalue weighted by molar-refractivity contribution is 8.14. The van der Waals surface area contributed by atoms with E-state index in [1.165, 1.54) is 7.11 Å². The number of methoxy groups -OCH3 is 1. The predicted molar refractivity (Wildman–Crippen MR) is 73.7 cm³/mol. The van der Waals surface area contributed by atoms with Crippen LogP contribution in [0.2, 0.25) is 10.0 Å². The van der Waals surface area contributed by atoms with E-state index in [1.54, 1.807) is 0 Å². The maximum atomic E-state index is 13.6. The Morgan fingerprint density at radius 3 is 2.50 bits per heavy atom. The number of carbonyl (C=O) groups excluding carboxylic acids is 1. The summed E-state index contributed by atoms with van der Waals surface area (Å²) in [7, 11) is 2.16.